The summed E-state index contributed by atoms with van der Waals surface area (Å²) < 4.78 is 5.23. The zero-order valence-corrected chi connectivity index (χ0v) is 11.3. The molecule has 108 valence electrons. The SMILES string of the molecule is CC(CN1CCCC1)NC(=O)[C@@H]1CC[C@H](C(=O)O)O1. The third-order valence-corrected chi connectivity index (χ3v) is 3.71. The van der Waals surface area contributed by atoms with Crippen LogP contribution in [0.3, 0.4) is 0 Å². The molecule has 6 heteroatoms. The fraction of sp³-hybridized carbons (Fsp3) is 0.846. The summed E-state index contributed by atoms with van der Waals surface area (Å²) in [5.74, 6) is -1.17. The molecule has 2 N–H and O–H groups in total. The summed E-state index contributed by atoms with van der Waals surface area (Å²) in [6.07, 6.45) is 1.92. The van der Waals surface area contributed by atoms with Gasteiger partial charge in [-0.15, -0.1) is 0 Å². The van der Waals surface area contributed by atoms with E-state index >= 15 is 0 Å². The molecular weight excluding hydrogens is 248 g/mol. The van der Waals surface area contributed by atoms with Crippen molar-refractivity contribution in [3.63, 3.8) is 0 Å². The highest BCUT2D eigenvalue weighted by Gasteiger charge is 2.35. The average Bonchev–Trinajstić information content (AvgIpc) is 2.98. The number of carboxylic acids is 1. The van der Waals surface area contributed by atoms with Crippen molar-refractivity contribution < 1.29 is 19.4 Å². The van der Waals surface area contributed by atoms with Gasteiger partial charge in [-0.05, 0) is 45.7 Å². The van der Waals surface area contributed by atoms with Gasteiger partial charge in [-0.25, -0.2) is 4.79 Å². The van der Waals surface area contributed by atoms with Crippen molar-refractivity contribution in [3.05, 3.63) is 0 Å². The first kappa shape index (κ1) is 14.3. The summed E-state index contributed by atoms with van der Waals surface area (Å²) in [5.41, 5.74) is 0. The Morgan fingerprint density at radius 1 is 1.32 bits per heavy atom. The van der Waals surface area contributed by atoms with Crippen LogP contribution in [0.25, 0.3) is 0 Å². The van der Waals surface area contributed by atoms with E-state index in [0.717, 1.165) is 19.6 Å². The average molecular weight is 270 g/mol. The van der Waals surface area contributed by atoms with Gasteiger partial charge in [0.15, 0.2) is 6.10 Å². The third-order valence-electron chi connectivity index (χ3n) is 3.71. The number of carbonyl (C=O) groups is 2. The van der Waals surface area contributed by atoms with E-state index in [1.54, 1.807) is 0 Å². The van der Waals surface area contributed by atoms with Crippen molar-refractivity contribution >= 4 is 11.9 Å². The Morgan fingerprint density at radius 2 is 1.95 bits per heavy atom. The van der Waals surface area contributed by atoms with Gasteiger partial charge in [-0.2, -0.15) is 0 Å². The molecule has 0 aromatic carbocycles. The van der Waals surface area contributed by atoms with Crippen LogP contribution in [-0.4, -0.2) is 59.8 Å². The van der Waals surface area contributed by atoms with Gasteiger partial charge in [0.25, 0.3) is 0 Å². The fourth-order valence-electron chi connectivity index (χ4n) is 2.75. The largest absolute Gasteiger partial charge is 0.479 e. The molecule has 0 radical (unpaired) electrons. The lowest BCUT2D eigenvalue weighted by molar-refractivity contribution is -0.151. The summed E-state index contributed by atoms with van der Waals surface area (Å²) in [6.45, 7) is 5.02. The van der Waals surface area contributed by atoms with Crippen LogP contribution in [0.2, 0.25) is 0 Å². The quantitative estimate of drug-likeness (QED) is 0.747. The van der Waals surface area contributed by atoms with E-state index in [0.29, 0.717) is 12.8 Å². The smallest absolute Gasteiger partial charge is 0.332 e. The highest BCUT2D eigenvalue weighted by molar-refractivity contribution is 5.82. The lowest BCUT2D eigenvalue weighted by Gasteiger charge is -2.22. The van der Waals surface area contributed by atoms with E-state index < -0.39 is 18.2 Å². The van der Waals surface area contributed by atoms with Crippen LogP contribution in [0.4, 0.5) is 0 Å². The number of hydrogen-bond donors (Lipinski definition) is 2. The van der Waals surface area contributed by atoms with Gasteiger partial charge in [0, 0.05) is 12.6 Å². The number of amides is 1. The second-order valence-corrected chi connectivity index (χ2v) is 5.45. The van der Waals surface area contributed by atoms with E-state index in [1.807, 2.05) is 6.92 Å². The Balaban J connectivity index is 1.73. The Morgan fingerprint density at radius 3 is 2.53 bits per heavy atom. The first-order valence-corrected chi connectivity index (χ1v) is 6.97. The summed E-state index contributed by atoms with van der Waals surface area (Å²) in [5, 5.41) is 11.7. The molecule has 0 saturated carbocycles. The zero-order chi connectivity index (χ0) is 13.8. The van der Waals surface area contributed by atoms with Gasteiger partial charge < -0.3 is 20.1 Å². The Labute approximate surface area is 113 Å². The molecule has 2 saturated heterocycles. The fourth-order valence-corrected chi connectivity index (χ4v) is 2.75. The van der Waals surface area contributed by atoms with Crippen LogP contribution < -0.4 is 5.32 Å². The van der Waals surface area contributed by atoms with Gasteiger partial charge in [0.05, 0.1) is 0 Å². The predicted molar refractivity (Wildman–Crippen MR) is 68.8 cm³/mol. The van der Waals surface area contributed by atoms with E-state index in [-0.39, 0.29) is 11.9 Å². The number of aliphatic carboxylic acids is 1. The zero-order valence-electron chi connectivity index (χ0n) is 11.3. The monoisotopic (exact) mass is 270 g/mol. The summed E-state index contributed by atoms with van der Waals surface area (Å²) in [6, 6.07) is 0.0677. The third kappa shape index (κ3) is 3.91. The first-order chi connectivity index (χ1) is 9.06. The molecule has 0 spiro atoms. The van der Waals surface area contributed by atoms with Crippen molar-refractivity contribution in [1.82, 2.24) is 10.2 Å². The molecule has 0 aromatic rings. The summed E-state index contributed by atoms with van der Waals surface area (Å²) in [7, 11) is 0. The molecule has 2 aliphatic rings. The minimum atomic E-state index is -0.986. The molecule has 2 fully saturated rings. The number of rotatable bonds is 5. The molecule has 0 aromatic heterocycles. The lowest BCUT2D eigenvalue weighted by Crippen LogP contribution is -2.45. The van der Waals surface area contributed by atoms with E-state index in [2.05, 4.69) is 10.2 Å². The number of ether oxygens (including phenoxy) is 1. The van der Waals surface area contributed by atoms with E-state index in [4.69, 9.17) is 9.84 Å². The van der Waals surface area contributed by atoms with Crippen LogP contribution >= 0.6 is 0 Å². The van der Waals surface area contributed by atoms with Crippen molar-refractivity contribution in [2.24, 2.45) is 0 Å². The first-order valence-electron chi connectivity index (χ1n) is 6.97. The standard InChI is InChI=1S/C13H22N2O4/c1-9(8-15-6-2-3-7-15)14-12(16)10-4-5-11(19-10)13(17)18/h9-11H,2-8H2,1H3,(H,14,16)(H,17,18)/t9?,10-,11+/m0/s1. The topological polar surface area (TPSA) is 78.9 Å². The highest BCUT2D eigenvalue weighted by atomic mass is 16.5. The van der Waals surface area contributed by atoms with Crippen molar-refractivity contribution in [1.29, 1.82) is 0 Å². The number of hydrogen-bond acceptors (Lipinski definition) is 4. The summed E-state index contributed by atoms with van der Waals surface area (Å²) >= 11 is 0. The number of likely N-dealkylation sites (tertiary alicyclic amines) is 1. The molecule has 2 rings (SSSR count). The molecule has 19 heavy (non-hydrogen) atoms. The maximum Gasteiger partial charge on any atom is 0.332 e. The molecule has 3 atom stereocenters. The van der Waals surface area contributed by atoms with Crippen LogP contribution in [-0.2, 0) is 14.3 Å². The number of carbonyl (C=O) groups excluding carboxylic acids is 1. The normalized spacial score (nSPS) is 29.3. The predicted octanol–water partition coefficient (Wildman–Crippen LogP) is 0.219. The molecule has 6 nitrogen and oxygen atoms in total. The highest BCUT2D eigenvalue weighted by Crippen LogP contribution is 2.20. The molecule has 1 amide bonds. The van der Waals surface area contributed by atoms with Gasteiger partial charge in [-0.3, -0.25) is 4.79 Å². The number of nitrogens with zero attached hydrogens (tertiary/aromatic N) is 1. The Kier molecular flexibility index (Phi) is 4.76. The van der Waals surface area contributed by atoms with Crippen LogP contribution in [0.5, 0.6) is 0 Å². The van der Waals surface area contributed by atoms with Crippen LogP contribution in [0.1, 0.15) is 32.6 Å². The summed E-state index contributed by atoms with van der Waals surface area (Å²) in [4.78, 5) is 25.0. The minimum Gasteiger partial charge on any atom is -0.479 e. The van der Waals surface area contributed by atoms with Crippen molar-refractivity contribution in [3.8, 4) is 0 Å². The van der Waals surface area contributed by atoms with Crippen LogP contribution in [0, 0.1) is 0 Å². The molecule has 2 heterocycles. The molecule has 1 unspecified atom stereocenters. The van der Waals surface area contributed by atoms with Gasteiger partial charge in [-0.1, -0.05) is 0 Å². The second-order valence-electron chi connectivity index (χ2n) is 5.45. The van der Waals surface area contributed by atoms with Crippen LogP contribution in [0.15, 0.2) is 0 Å². The Hall–Kier alpha value is -1.14. The molecule has 0 bridgehead atoms. The van der Waals surface area contributed by atoms with Crippen molar-refractivity contribution in [2.75, 3.05) is 19.6 Å². The van der Waals surface area contributed by atoms with Gasteiger partial charge in [0.2, 0.25) is 5.91 Å². The molecule has 2 aliphatic heterocycles. The molecule has 0 aliphatic carbocycles. The van der Waals surface area contributed by atoms with E-state index in [1.165, 1.54) is 12.8 Å². The minimum absolute atomic E-state index is 0.0677. The molecular formula is C13H22N2O4. The maximum atomic E-state index is 12.0. The second kappa shape index (κ2) is 6.34. The van der Waals surface area contributed by atoms with Gasteiger partial charge >= 0.3 is 5.97 Å². The lowest BCUT2D eigenvalue weighted by atomic mass is 10.2. The van der Waals surface area contributed by atoms with Gasteiger partial charge in [0.1, 0.15) is 6.10 Å². The van der Waals surface area contributed by atoms with Crippen molar-refractivity contribution in [2.45, 2.75) is 50.9 Å². The van der Waals surface area contributed by atoms with E-state index in [9.17, 15) is 9.59 Å². The Bertz CT molecular complexity index is 342. The number of carboxylic acid groups (broad SMARTS) is 1. The maximum absolute atomic E-state index is 12.0. The number of nitrogens with one attached hydrogen (secondary N) is 1.